The van der Waals surface area contributed by atoms with Gasteiger partial charge >= 0.3 is 31.1 Å². The number of hydrogen-bond donors (Lipinski definition) is 0. The zero-order chi connectivity index (χ0) is 9.23. The molecule has 0 atom stereocenters. The van der Waals surface area contributed by atoms with Gasteiger partial charge in [0.25, 0.3) is 0 Å². The van der Waals surface area contributed by atoms with Gasteiger partial charge in [-0.1, -0.05) is 56.5 Å². The lowest BCUT2D eigenvalue weighted by molar-refractivity contribution is 0.597. The Morgan fingerprint density at radius 1 is 1.08 bits per heavy atom. The molecule has 0 aromatic carbocycles. The highest BCUT2D eigenvalue weighted by Gasteiger charge is 2.07. The molecule has 3 heteroatoms. The molecule has 0 aliphatic rings. The van der Waals surface area contributed by atoms with Gasteiger partial charge in [-0.05, 0) is 0 Å². The van der Waals surface area contributed by atoms with E-state index >= 15 is 0 Å². The summed E-state index contributed by atoms with van der Waals surface area (Å²) in [6.45, 7) is 2.27. The van der Waals surface area contributed by atoms with E-state index < -0.39 is 14.5 Å². The molecule has 0 fully saturated rings. The molecule has 0 aromatic heterocycles. The summed E-state index contributed by atoms with van der Waals surface area (Å²) in [4.78, 5) is 0. The van der Waals surface area contributed by atoms with Crippen LogP contribution in [0.1, 0.15) is 45.4 Å². The van der Waals surface area contributed by atoms with E-state index in [0.717, 1.165) is 16.6 Å². The monoisotopic (exact) mass is 200 g/mol. The Morgan fingerprint density at radius 3 is 2.25 bits per heavy atom. The zero-order valence-electron chi connectivity index (χ0n) is 8.94. The number of hydrogen-bond acceptors (Lipinski definition) is 1. The summed E-state index contributed by atoms with van der Waals surface area (Å²) in [6, 6.07) is 0. The molecule has 0 N–H and O–H groups in total. The summed E-state index contributed by atoms with van der Waals surface area (Å²) >= 11 is 0.276. The second-order valence-corrected chi connectivity index (χ2v) is 7.69. The second-order valence-electron chi connectivity index (χ2n) is 3.60. The van der Waals surface area contributed by atoms with Crippen LogP contribution >= 0.6 is 0 Å². The molecule has 0 rings (SSSR count). The molecule has 0 spiro atoms. The highest BCUT2D eigenvalue weighted by molar-refractivity contribution is 6.54. The van der Waals surface area contributed by atoms with Gasteiger partial charge < -0.3 is 2.84 Å². The minimum absolute atomic E-state index is 0.678. The van der Waals surface area contributed by atoms with Crippen LogP contribution in [0.4, 0.5) is 0 Å². The van der Waals surface area contributed by atoms with E-state index in [0.29, 0.717) is 0 Å². The van der Waals surface area contributed by atoms with E-state index in [1.54, 1.807) is 0 Å². The molecule has 0 aromatic rings. The van der Waals surface area contributed by atoms with Gasteiger partial charge in [0.1, 0.15) is 0 Å². The van der Waals surface area contributed by atoms with Crippen LogP contribution in [0.2, 0.25) is 11.1 Å². The van der Waals surface area contributed by atoms with Gasteiger partial charge in [0.15, 0.2) is 0 Å². The first-order valence-electron chi connectivity index (χ1n) is 5.34. The number of rotatable bonds is 8. The van der Waals surface area contributed by atoms with Crippen molar-refractivity contribution in [3.63, 3.8) is 0 Å². The van der Waals surface area contributed by atoms with E-state index in [-0.39, 0.29) is 0 Å². The summed E-state index contributed by atoms with van der Waals surface area (Å²) in [5, 5.41) is 1.40. The van der Waals surface area contributed by atoms with Crippen LogP contribution in [0, 0.1) is 0 Å². The van der Waals surface area contributed by atoms with E-state index in [1.165, 1.54) is 43.8 Å². The second kappa shape index (κ2) is 10.1. The van der Waals surface area contributed by atoms with Crippen molar-refractivity contribution >= 4 is 31.1 Å². The predicted molar refractivity (Wildman–Crippen MR) is 59.4 cm³/mol. The van der Waals surface area contributed by atoms with Crippen molar-refractivity contribution in [3.8, 4) is 0 Å². The van der Waals surface area contributed by atoms with Crippen molar-refractivity contribution in [1.82, 2.24) is 0 Å². The van der Waals surface area contributed by atoms with Crippen LogP contribution in [0.25, 0.3) is 0 Å². The largest absolute Gasteiger partial charge is 0.642 e. The average Bonchev–Trinajstić information content (AvgIpc) is 2.10. The Morgan fingerprint density at radius 2 is 1.67 bits per heavy atom. The molecule has 0 saturated heterocycles. The molecule has 0 unspecified atom stereocenters. The first kappa shape index (κ1) is 13.0. The molecular weight excluding hydrogens is 178 g/mol. The highest BCUT2D eigenvalue weighted by Crippen LogP contribution is 2.08. The molecule has 0 aliphatic heterocycles. The minimum Gasteiger partial charge on any atom is -0.642 e. The Bertz CT molecular complexity index is 88.6. The van der Waals surface area contributed by atoms with Gasteiger partial charge in [-0.2, -0.15) is 0 Å². The molecule has 0 heterocycles. The van der Waals surface area contributed by atoms with Crippen LogP contribution in [0.3, 0.4) is 0 Å². The quantitative estimate of drug-likeness (QED) is 0.432. The summed E-state index contributed by atoms with van der Waals surface area (Å²) in [5.74, 6) is 2.32. The predicted octanol–water partition coefficient (Wildman–Crippen LogP) is 2.53. The fraction of sp³-hybridized carbons (Fsp3) is 1.00. The van der Waals surface area contributed by atoms with Gasteiger partial charge in [0, 0.05) is 0 Å². The Balaban J connectivity index is 2.90. The SMILES string of the molecule is CCCCCCC[CH2][Al]([CH3])[O][AlH2]. The summed E-state index contributed by atoms with van der Waals surface area (Å²) in [5.41, 5.74) is 0. The van der Waals surface area contributed by atoms with Crippen LogP contribution < -0.4 is 0 Å². The molecule has 0 amide bonds. The van der Waals surface area contributed by atoms with Gasteiger partial charge in [0.2, 0.25) is 0 Å². The van der Waals surface area contributed by atoms with Gasteiger partial charge in [-0.3, -0.25) is 0 Å². The standard InChI is InChI=1S/C8H17.CH3.2Al.O.2H/c1-3-5-7-8-6-4-2;;;;;;/h1,3-8H2,2H3;1H3;;;;;. The molecular formula is C9H22Al2O. The number of unbranched alkanes of at least 4 members (excludes halogenated alkanes) is 5. The molecule has 0 radical (unpaired) electrons. The summed E-state index contributed by atoms with van der Waals surface area (Å²) < 4.78 is 5.46. The third-order valence-electron chi connectivity index (χ3n) is 2.37. The maximum atomic E-state index is 5.46. The van der Waals surface area contributed by atoms with Crippen molar-refractivity contribution in [3.05, 3.63) is 0 Å². The van der Waals surface area contributed by atoms with Crippen LogP contribution in [0.5, 0.6) is 0 Å². The van der Waals surface area contributed by atoms with Gasteiger partial charge in [-0.15, -0.1) is 0 Å². The third kappa shape index (κ3) is 9.12. The maximum Gasteiger partial charge on any atom is 0.426 e. The van der Waals surface area contributed by atoms with Gasteiger partial charge in [-0.25, -0.2) is 0 Å². The molecule has 12 heavy (non-hydrogen) atoms. The van der Waals surface area contributed by atoms with Crippen molar-refractivity contribution in [2.45, 2.75) is 56.5 Å². The van der Waals surface area contributed by atoms with Crippen LogP contribution in [0.15, 0.2) is 0 Å². The van der Waals surface area contributed by atoms with E-state index in [2.05, 4.69) is 12.7 Å². The van der Waals surface area contributed by atoms with Crippen molar-refractivity contribution in [2.75, 3.05) is 0 Å². The Labute approximate surface area is 90.4 Å². The molecule has 0 saturated carbocycles. The fourth-order valence-electron chi connectivity index (χ4n) is 1.33. The Kier molecular flexibility index (Phi) is 11.0. The smallest absolute Gasteiger partial charge is 0.426 e. The van der Waals surface area contributed by atoms with E-state index in [4.69, 9.17) is 2.84 Å². The molecule has 1 nitrogen and oxygen atoms in total. The summed E-state index contributed by atoms with van der Waals surface area (Å²) in [7, 11) is 0. The van der Waals surface area contributed by atoms with E-state index in [1.807, 2.05) is 0 Å². The van der Waals surface area contributed by atoms with Crippen molar-refractivity contribution in [1.29, 1.82) is 0 Å². The van der Waals surface area contributed by atoms with Crippen molar-refractivity contribution in [2.24, 2.45) is 0 Å². The average molecular weight is 200 g/mol. The molecule has 70 valence electrons. The summed E-state index contributed by atoms with van der Waals surface area (Å²) in [6.07, 6.45) is 8.50. The fourth-order valence-corrected chi connectivity index (χ4v) is 3.14. The maximum absolute atomic E-state index is 5.46. The highest BCUT2D eigenvalue weighted by atomic mass is 27.2. The first-order valence-corrected chi connectivity index (χ1v) is 8.60. The Hall–Kier alpha value is 1.02. The third-order valence-corrected chi connectivity index (χ3v) is 6.81. The topological polar surface area (TPSA) is 9.23 Å². The first-order chi connectivity index (χ1) is 5.81. The lowest BCUT2D eigenvalue weighted by Gasteiger charge is -2.04. The normalized spacial score (nSPS) is 10.2. The lowest BCUT2D eigenvalue weighted by atomic mass is 10.1. The van der Waals surface area contributed by atoms with Crippen LogP contribution in [-0.4, -0.2) is 31.1 Å². The zero-order valence-corrected chi connectivity index (χ0v) is 12.1. The van der Waals surface area contributed by atoms with Gasteiger partial charge in [0.05, 0.1) is 0 Å². The minimum atomic E-state index is -0.678. The van der Waals surface area contributed by atoms with E-state index in [9.17, 15) is 0 Å². The molecule has 0 aliphatic carbocycles. The lowest BCUT2D eigenvalue weighted by Crippen LogP contribution is -2.09. The van der Waals surface area contributed by atoms with Crippen LogP contribution in [-0.2, 0) is 2.84 Å². The van der Waals surface area contributed by atoms with Crippen molar-refractivity contribution < 1.29 is 2.84 Å². The molecule has 0 bridgehead atoms.